The monoisotopic (exact) mass is 360 g/mol. The van der Waals surface area contributed by atoms with Crippen molar-refractivity contribution in [2.45, 2.75) is 71.1 Å². The third-order valence-corrected chi connectivity index (χ3v) is 9.06. The fourth-order valence-corrected chi connectivity index (χ4v) is 7.57. The molecule has 0 saturated heterocycles. The van der Waals surface area contributed by atoms with Crippen molar-refractivity contribution >= 4 is 23.3 Å². The largest absolute Gasteiger partial charge is 0.299 e. The first-order valence-corrected chi connectivity index (χ1v) is 11.7. The van der Waals surface area contributed by atoms with Crippen LogP contribution in [0.2, 0.25) is 0 Å². The minimum Gasteiger partial charge on any atom is -0.299 e. The number of fused-ring (bicyclic) bond motifs is 5. The standard InChI is InChI=1S/C22H32O2S/c1-21-11-9-19-17(18(21)6-7-20(21)24)5-4-15-14-16(23)8-12-22(15,19)10-3-13-25-2/h14,17-19H,3-13H2,1-2H3/t17-,18-,19+,21-,22-/m0/s1. The highest BCUT2D eigenvalue weighted by Gasteiger charge is 2.59. The van der Waals surface area contributed by atoms with E-state index in [1.54, 1.807) is 0 Å². The first-order chi connectivity index (χ1) is 12.0. The van der Waals surface area contributed by atoms with Crippen LogP contribution in [0.4, 0.5) is 0 Å². The molecule has 0 heterocycles. The molecule has 4 rings (SSSR count). The van der Waals surface area contributed by atoms with Gasteiger partial charge in [0.1, 0.15) is 5.78 Å². The zero-order chi connectivity index (χ0) is 17.7. The lowest BCUT2D eigenvalue weighted by atomic mass is 9.46. The Morgan fingerprint density at radius 3 is 2.72 bits per heavy atom. The minimum absolute atomic E-state index is 0.0344. The van der Waals surface area contributed by atoms with Crippen LogP contribution in [0.1, 0.15) is 71.1 Å². The van der Waals surface area contributed by atoms with Crippen molar-refractivity contribution in [2.24, 2.45) is 28.6 Å². The van der Waals surface area contributed by atoms with Gasteiger partial charge in [0.15, 0.2) is 5.78 Å². The highest BCUT2D eigenvalue weighted by Crippen LogP contribution is 2.65. The summed E-state index contributed by atoms with van der Waals surface area (Å²) in [5.41, 5.74) is 1.73. The maximum absolute atomic E-state index is 12.6. The fourth-order valence-electron chi connectivity index (χ4n) is 7.13. The Morgan fingerprint density at radius 2 is 1.92 bits per heavy atom. The normalized spacial score (nSPS) is 43.3. The Labute approximate surface area is 156 Å². The lowest BCUT2D eigenvalue weighted by molar-refractivity contribution is -0.133. The fraction of sp³-hybridized carbons (Fsp3) is 0.818. The van der Waals surface area contributed by atoms with Crippen molar-refractivity contribution in [3.05, 3.63) is 11.6 Å². The van der Waals surface area contributed by atoms with E-state index < -0.39 is 0 Å². The highest BCUT2D eigenvalue weighted by molar-refractivity contribution is 7.98. The molecular weight excluding hydrogens is 328 g/mol. The molecule has 0 N–H and O–H groups in total. The van der Waals surface area contributed by atoms with Gasteiger partial charge in [-0.25, -0.2) is 0 Å². The molecule has 0 spiro atoms. The molecule has 0 bridgehead atoms. The molecule has 138 valence electrons. The van der Waals surface area contributed by atoms with Crippen molar-refractivity contribution in [3.8, 4) is 0 Å². The van der Waals surface area contributed by atoms with E-state index in [4.69, 9.17) is 0 Å². The van der Waals surface area contributed by atoms with Crippen molar-refractivity contribution < 1.29 is 9.59 Å². The van der Waals surface area contributed by atoms with Crippen molar-refractivity contribution in [1.29, 1.82) is 0 Å². The van der Waals surface area contributed by atoms with Gasteiger partial charge < -0.3 is 0 Å². The molecule has 3 fully saturated rings. The number of hydrogen-bond donors (Lipinski definition) is 0. The molecule has 0 aliphatic heterocycles. The molecular formula is C22H32O2S. The van der Waals surface area contributed by atoms with Gasteiger partial charge in [-0.05, 0) is 92.6 Å². The van der Waals surface area contributed by atoms with E-state index in [-0.39, 0.29) is 10.8 Å². The Hall–Kier alpha value is -0.570. The molecule has 0 aromatic carbocycles. The Morgan fingerprint density at radius 1 is 1.08 bits per heavy atom. The van der Waals surface area contributed by atoms with E-state index >= 15 is 0 Å². The lowest BCUT2D eigenvalue weighted by Gasteiger charge is -2.58. The number of thioether (sulfide) groups is 1. The smallest absolute Gasteiger partial charge is 0.155 e. The van der Waals surface area contributed by atoms with Crippen LogP contribution in [-0.2, 0) is 9.59 Å². The Balaban J connectivity index is 1.67. The van der Waals surface area contributed by atoms with Gasteiger partial charge in [-0.3, -0.25) is 9.59 Å². The Bertz CT molecular complexity index is 609. The average molecular weight is 361 g/mol. The van der Waals surface area contributed by atoms with Crippen molar-refractivity contribution in [2.75, 3.05) is 12.0 Å². The summed E-state index contributed by atoms with van der Waals surface area (Å²) >= 11 is 1.94. The van der Waals surface area contributed by atoms with Crippen LogP contribution in [0.25, 0.3) is 0 Å². The number of carbonyl (C=O) groups excluding carboxylic acids is 2. The minimum atomic E-state index is -0.0344. The number of allylic oxidation sites excluding steroid dienone is 1. The van der Waals surface area contributed by atoms with Gasteiger partial charge in [0, 0.05) is 18.3 Å². The summed E-state index contributed by atoms with van der Waals surface area (Å²) in [6.45, 7) is 2.26. The summed E-state index contributed by atoms with van der Waals surface area (Å²) in [4.78, 5) is 24.7. The van der Waals surface area contributed by atoms with Crippen LogP contribution in [0, 0.1) is 28.6 Å². The first-order valence-electron chi connectivity index (χ1n) is 10.3. The van der Waals surface area contributed by atoms with Crippen LogP contribution >= 0.6 is 11.8 Å². The second-order valence-corrected chi connectivity index (χ2v) is 10.2. The van der Waals surface area contributed by atoms with Gasteiger partial charge in [0.2, 0.25) is 0 Å². The lowest BCUT2D eigenvalue weighted by Crippen LogP contribution is -2.51. The summed E-state index contributed by atoms with van der Waals surface area (Å²) in [6.07, 6.45) is 15.1. The second-order valence-electron chi connectivity index (χ2n) is 9.22. The van der Waals surface area contributed by atoms with Gasteiger partial charge in [-0.2, -0.15) is 11.8 Å². The van der Waals surface area contributed by atoms with Gasteiger partial charge >= 0.3 is 0 Å². The summed E-state index contributed by atoms with van der Waals surface area (Å²) in [5, 5.41) is 0. The predicted molar refractivity (Wildman–Crippen MR) is 104 cm³/mol. The van der Waals surface area contributed by atoms with Crippen LogP contribution in [-0.4, -0.2) is 23.6 Å². The van der Waals surface area contributed by atoms with Gasteiger partial charge in [-0.1, -0.05) is 12.5 Å². The predicted octanol–water partition coefficient (Wildman–Crippen LogP) is 5.21. The van der Waals surface area contributed by atoms with Crippen LogP contribution in [0.5, 0.6) is 0 Å². The molecule has 2 nitrogen and oxygen atoms in total. The van der Waals surface area contributed by atoms with E-state index in [0.29, 0.717) is 29.3 Å². The average Bonchev–Trinajstić information content (AvgIpc) is 2.91. The summed E-state index contributed by atoms with van der Waals surface area (Å²) in [6, 6.07) is 0. The SMILES string of the molecule is CSCCC[C@]12CCC(=O)C=C1CC[C@@H]1[C@H]2CC[C@]2(C)C(=O)CC[C@@H]12. The zero-order valence-electron chi connectivity index (χ0n) is 15.8. The number of ketones is 2. The van der Waals surface area contributed by atoms with Crippen LogP contribution in [0.3, 0.4) is 0 Å². The molecule has 25 heavy (non-hydrogen) atoms. The number of Topliss-reactive ketones (excluding diaryl/α,β-unsaturated/α-hetero) is 1. The first kappa shape index (κ1) is 17.8. The second kappa shape index (κ2) is 6.55. The number of hydrogen-bond acceptors (Lipinski definition) is 3. The van der Waals surface area contributed by atoms with Gasteiger partial charge in [-0.15, -0.1) is 0 Å². The van der Waals surface area contributed by atoms with E-state index in [1.165, 1.54) is 37.0 Å². The maximum atomic E-state index is 12.6. The molecule has 0 radical (unpaired) electrons. The van der Waals surface area contributed by atoms with E-state index in [2.05, 4.69) is 13.2 Å². The molecule has 5 atom stereocenters. The quantitative estimate of drug-likeness (QED) is 0.645. The third kappa shape index (κ3) is 2.67. The molecule has 0 amide bonds. The van der Waals surface area contributed by atoms with E-state index in [1.807, 2.05) is 17.8 Å². The Kier molecular flexibility index (Phi) is 4.67. The molecule has 4 aliphatic carbocycles. The summed E-state index contributed by atoms with van der Waals surface area (Å²) in [7, 11) is 0. The number of carbonyl (C=O) groups is 2. The van der Waals surface area contributed by atoms with Crippen LogP contribution in [0.15, 0.2) is 11.6 Å². The highest BCUT2D eigenvalue weighted by atomic mass is 32.2. The topological polar surface area (TPSA) is 34.1 Å². The molecule has 3 saturated carbocycles. The maximum Gasteiger partial charge on any atom is 0.155 e. The molecule has 0 aromatic rings. The molecule has 3 heteroatoms. The van der Waals surface area contributed by atoms with Crippen molar-refractivity contribution in [1.82, 2.24) is 0 Å². The molecule has 0 unspecified atom stereocenters. The molecule has 4 aliphatic rings. The zero-order valence-corrected chi connectivity index (χ0v) is 16.6. The molecule has 0 aromatic heterocycles. The summed E-state index contributed by atoms with van der Waals surface area (Å²) in [5.74, 6) is 4.14. The third-order valence-electron chi connectivity index (χ3n) is 8.37. The van der Waals surface area contributed by atoms with Crippen molar-refractivity contribution in [3.63, 3.8) is 0 Å². The number of rotatable bonds is 4. The van der Waals surface area contributed by atoms with E-state index in [9.17, 15) is 9.59 Å². The van der Waals surface area contributed by atoms with Gasteiger partial charge in [0.05, 0.1) is 0 Å². The van der Waals surface area contributed by atoms with E-state index in [0.717, 1.165) is 38.5 Å². The summed E-state index contributed by atoms with van der Waals surface area (Å²) < 4.78 is 0. The van der Waals surface area contributed by atoms with Crippen LogP contribution < -0.4 is 0 Å². The van der Waals surface area contributed by atoms with Gasteiger partial charge in [0.25, 0.3) is 0 Å².